The molecule has 1 aromatic rings. The molecule has 5 nitrogen and oxygen atoms in total. The highest BCUT2D eigenvalue weighted by Crippen LogP contribution is 2.10. The van der Waals surface area contributed by atoms with E-state index in [2.05, 4.69) is 4.98 Å². The van der Waals surface area contributed by atoms with Gasteiger partial charge in [-0.05, 0) is 6.92 Å². The van der Waals surface area contributed by atoms with Crippen LogP contribution in [0.5, 0.6) is 0 Å². The SMILES string of the molecule is Cc1cc(=O)n(N)c(SCC#N)n1. The van der Waals surface area contributed by atoms with Gasteiger partial charge in [0.1, 0.15) is 0 Å². The number of nitrogens with two attached hydrogens (primary N) is 1. The lowest BCUT2D eigenvalue weighted by Crippen LogP contribution is -2.29. The number of aryl methyl sites for hydroxylation is 1. The minimum Gasteiger partial charge on any atom is -0.334 e. The Hall–Kier alpha value is -1.48. The third kappa shape index (κ3) is 2.23. The highest BCUT2D eigenvalue weighted by molar-refractivity contribution is 7.99. The Labute approximate surface area is 79.2 Å². The maximum absolute atomic E-state index is 11.1. The Morgan fingerprint density at radius 2 is 2.54 bits per heavy atom. The zero-order chi connectivity index (χ0) is 9.84. The number of aromatic nitrogens is 2. The second-order valence-corrected chi connectivity index (χ2v) is 3.28. The molecule has 68 valence electrons. The number of thioether (sulfide) groups is 1. The first-order chi connectivity index (χ1) is 6.15. The summed E-state index contributed by atoms with van der Waals surface area (Å²) in [4.78, 5) is 15.1. The minimum absolute atomic E-state index is 0.229. The van der Waals surface area contributed by atoms with Gasteiger partial charge in [-0.15, -0.1) is 0 Å². The standard InChI is InChI=1S/C7H8N4OS/c1-5-4-6(12)11(9)7(10-5)13-3-2-8/h4H,3,9H2,1H3. The van der Waals surface area contributed by atoms with E-state index in [-0.39, 0.29) is 11.3 Å². The van der Waals surface area contributed by atoms with Gasteiger partial charge in [0, 0.05) is 11.8 Å². The monoisotopic (exact) mass is 196 g/mol. The van der Waals surface area contributed by atoms with Crippen LogP contribution in [0.4, 0.5) is 0 Å². The summed E-state index contributed by atoms with van der Waals surface area (Å²) in [6, 6.07) is 3.28. The van der Waals surface area contributed by atoms with Crippen LogP contribution >= 0.6 is 11.8 Å². The predicted molar refractivity (Wildman–Crippen MR) is 49.7 cm³/mol. The summed E-state index contributed by atoms with van der Waals surface area (Å²) < 4.78 is 0.939. The van der Waals surface area contributed by atoms with Crippen LogP contribution in [0.25, 0.3) is 0 Å². The van der Waals surface area contributed by atoms with Gasteiger partial charge in [-0.3, -0.25) is 4.79 Å². The van der Waals surface area contributed by atoms with Gasteiger partial charge in [0.2, 0.25) is 0 Å². The second kappa shape index (κ2) is 3.96. The van der Waals surface area contributed by atoms with Crippen molar-refractivity contribution in [2.75, 3.05) is 11.6 Å². The molecule has 0 bridgehead atoms. The van der Waals surface area contributed by atoms with E-state index in [1.54, 1.807) is 6.92 Å². The molecule has 0 aliphatic carbocycles. The molecule has 1 rings (SSSR count). The van der Waals surface area contributed by atoms with Crippen LogP contribution in [0, 0.1) is 18.3 Å². The highest BCUT2D eigenvalue weighted by Gasteiger charge is 2.03. The van der Waals surface area contributed by atoms with Crippen LogP contribution in [0.2, 0.25) is 0 Å². The quantitative estimate of drug-likeness (QED) is 0.405. The first kappa shape index (κ1) is 9.61. The van der Waals surface area contributed by atoms with Crippen molar-refractivity contribution in [3.63, 3.8) is 0 Å². The largest absolute Gasteiger partial charge is 0.334 e. The van der Waals surface area contributed by atoms with E-state index in [0.717, 1.165) is 16.4 Å². The molecule has 6 heteroatoms. The molecule has 13 heavy (non-hydrogen) atoms. The van der Waals surface area contributed by atoms with E-state index in [1.807, 2.05) is 6.07 Å². The number of nitriles is 1. The Balaban J connectivity index is 3.07. The van der Waals surface area contributed by atoms with Crippen LogP contribution in [0.15, 0.2) is 16.0 Å². The van der Waals surface area contributed by atoms with Gasteiger partial charge in [-0.2, -0.15) is 5.26 Å². The fraction of sp³-hybridized carbons (Fsp3) is 0.286. The molecular weight excluding hydrogens is 188 g/mol. The lowest BCUT2D eigenvalue weighted by atomic mass is 10.5. The van der Waals surface area contributed by atoms with Gasteiger partial charge in [-0.1, -0.05) is 11.8 Å². The van der Waals surface area contributed by atoms with Gasteiger partial charge in [0.05, 0.1) is 11.8 Å². The zero-order valence-electron chi connectivity index (χ0n) is 7.02. The maximum Gasteiger partial charge on any atom is 0.272 e. The van der Waals surface area contributed by atoms with E-state index >= 15 is 0 Å². The van der Waals surface area contributed by atoms with E-state index in [1.165, 1.54) is 6.07 Å². The van der Waals surface area contributed by atoms with Crippen molar-refractivity contribution in [2.24, 2.45) is 0 Å². The van der Waals surface area contributed by atoms with Crippen LogP contribution < -0.4 is 11.4 Å². The van der Waals surface area contributed by atoms with Crippen molar-refractivity contribution in [3.8, 4) is 6.07 Å². The van der Waals surface area contributed by atoms with Crippen molar-refractivity contribution >= 4 is 11.8 Å². The van der Waals surface area contributed by atoms with Gasteiger partial charge in [0.15, 0.2) is 5.16 Å². The average molecular weight is 196 g/mol. The molecule has 0 radical (unpaired) electrons. The van der Waals surface area contributed by atoms with Crippen molar-refractivity contribution in [3.05, 3.63) is 22.1 Å². The third-order valence-corrected chi connectivity index (χ3v) is 2.13. The number of rotatable bonds is 2. The average Bonchev–Trinajstić information content (AvgIpc) is 2.09. The third-order valence-electron chi connectivity index (χ3n) is 1.31. The Kier molecular flexibility index (Phi) is 2.93. The fourth-order valence-corrected chi connectivity index (χ4v) is 1.41. The zero-order valence-corrected chi connectivity index (χ0v) is 7.84. The van der Waals surface area contributed by atoms with Crippen molar-refractivity contribution in [1.29, 1.82) is 5.26 Å². The van der Waals surface area contributed by atoms with Crippen molar-refractivity contribution in [2.45, 2.75) is 12.1 Å². The molecule has 1 aromatic heterocycles. The van der Waals surface area contributed by atoms with E-state index in [9.17, 15) is 4.79 Å². The molecule has 0 aromatic carbocycles. The van der Waals surface area contributed by atoms with E-state index < -0.39 is 0 Å². The molecule has 0 amide bonds. The van der Waals surface area contributed by atoms with Crippen LogP contribution in [-0.2, 0) is 0 Å². The molecule has 0 aliphatic rings. The molecule has 0 aliphatic heterocycles. The lowest BCUT2D eigenvalue weighted by molar-refractivity contribution is 0.746. The summed E-state index contributed by atoms with van der Waals surface area (Å²) in [5.41, 5.74) is 0.292. The summed E-state index contributed by atoms with van der Waals surface area (Å²) in [6.07, 6.45) is 0. The Morgan fingerprint density at radius 3 is 3.15 bits per heavy atom. The summed E-state index contributed by atoms with van der Waals surface area (Å²) in [5.74, 6) is 5.63. The second-order valence-electron chi connectivity index (χ2n) is 2.34. The topological polar surface area (TPSA) is 84.7 Å². The van der Waals surface area contributed by atoms with Crippen molar-refractivity contribution in [1.82, 2.24) is 9.66 Å². The summed E-state index contributed by atoms with van der Waals surface area (Å²) >= 11 is 1.14. The fourth-order valence-electron chi connectivity index (χ4n) is 0.778. The first-order valence-corrected chi connectivity index (χ1v) is 4.49. The van der Waals surface area contributed by atoms with Crippen LogP contribution in [-0.4, -0.2) is 15.4 Å². The normalized spacial score (nSPS) is 9.54. The van der Waals surface area contributed by atoms with Gasteiger partial charge in [0.25, 0.3) is 5.56 Å². The maximum atomic E-state index is 11.1. The predicted octanol–water partition coefficient (Wildman–Crippen LogP) is -0.119. The van der Waals surface area contributed by atoms with E-state index in [4.69, 9.17) is 11.1 Å². The summed E-state index contributed by atoms with van der Waals surface area (Å²) in [6.45, 7) is 1.71. The Morgan fingerprint density at radius 1 is 1.85 bits per heavy atom. The van der Waals surface area contributed by atoms with Crippen LogP contribution in [0.3, 0.4) is 0 Å². The first-order valence-electron chi connectivity index (χ1n) is 3.50. The lowest BCUT2D eigenvalue weighted by Gasteiger charge is -2.03. The molecular formula is C7H8N4OS. The highest BCUT2D eigenvalue weighted by atomic mass is 32.2. The number of hydrogen-bond donors (Lipinski definition) is 1. The van der Waals surface area contributed by atoms with Gasteiger partial charge in [-0.25, -0.2) is 9.66 Å². The summed E-state index contributed by atoms with van der Waals surface area (Å²) in [5, 5.41) is 8.70. The van der Waals surface area contributed by atoms with Crippen molar-refractivity contribution < 1.29 is 0 Å². The number of nitrogens with zero attached hydrogens (tertiary/aromatic N) is 3. The molecule has 2 N–H and O–H groups in total. The molecule has 0 saturated carbocycles. The molecule has 1 heterocycles. The molecule has 0 fully saturated rings. The summed E-state index contributed by atoms with van der Waals surface area (Å²) in [7, 11) is 0. The number of nitrogen functional groups attached to an aromatic ring is 1. The van der Waals surface area contributed by atoms with Gasteiger partial charge >= 0.3 is 0 Å². The molecule has 0 saturated heterocycles. The molecule has 0 unspecified atom stereocenters. The molecule has 0 spiro atoms. The van der Waals surface area contributed by atoms with Gasteiger partial charge < -0.3 is 5.84 Å². The minimum atomic E-state index is -0.312. The smallest absolute Gasteiger partial charge is 0.272 e. The Bertz CT molecular complexity index is 406. The van der Waals surface area contributed by atoms with E-state index in [0.29, 0.717) is 10.9 Å². The number of hydrogen-bond acceptors (Lipinski definition) is 5. The molecule has 0 atom stereocenters. The van der Waals surface area contributed by atoms with Crippen LogP contribution in [0.1, 0.15) is 5.69 Å².